The summed E-state index contributed by atoms with van der Waals surface area (Å²) in [5, 5.41) is 11.7. The Balaban J connectivity index is 2.13. The van der Waals surface area contributed by atoms with Gasteiger partial charge < -0.3 is 14.6 Å². The van der Waals surface area contributed by atoms with Gasteiger partial charge in [-0.2, -0.15) is 0 Å². The highest BCUT2D eigenvalue weighted by atomic mass is 35.5. The summed E-state index contributed by atoms with van der Waals surface area (Å²) in [6.07, 6.45) is -0.859. The van der Waals surface area contributed by atoms with E-state index in [9.17, 15) is 18.3 Å². The molecule has 1 unspecified atom stereocenters. The molecular weight excluding hydrogens is 429 g/mol. The highest BCUT2D eigenvalue weighted by Gasteiger charge is 2.38. The Labute approximate surface area is 174 Å². The molecule has 156 valence electrons. The number of pyridine rings is 1. The Hall–Kier alpha value is -2.10. The van der Waals surface area contributed by atoms with E-state index in [2.05, 4.69) is 14.7 Å². The number of alkyl halides is 3. The van der Waals surface area contributed by atoms with Crippen LogP contribution in [-0.4, -0.2) is 28.0 Å². The van der Waals surface area contributed by atoms with Crippen LogP contribution in [0.2, 0.25) is 5.02 Å². The average molecular weight is 447 g/mol. The molecule has 0 amide bonds. The lowest BCUT2D eigenvalue weighted by Crippen LogP contribution is -2.28. The smallest absolute Gasteiger partial charge is 0.493 e. The molecule has 29 heavy (non-hydrogen) atoms. The van der Waals surface area contributed by atoms with Gasteiger partial charge in [-0.25, -0.2) is 4.98 Å². The van der Waals surface area contributed by atoms with Crippen LogP contribution in [0.3, 0.4) is 0 Å². The quantitative estimate of drug-likeness (QED) is 0.506. The van der Waals surface area contributed by atoms with Crippen molar-refractivity contribution in [2.75, 3.05) is 6.61 Å². The molecule has 0 spiro atoms. The van der Waals surface area contributed by atoms with E-state index in [1.807, 2.05) is 13.8 Å². The van der Waals surface area contributed by atoms with Gasteiger partial charge in [-0.3, -0.25) is 4.98 Å². The molecule has 2 aromatic heterocycles. The van der Waals surface area contributed by atoms with Crippen molar-refractivity contribution in [1.29, 1.82) is 0 Å². The molecule has 0 bridgehead atoms. The van der Waals surface area contributed by atoms with E-state index in [1.165, 1.54) is 18.3 Å². The van der Waals surface area contributed by atoms with Crippen LogP contribution in [0.5, 0.6) is 11.5 Å². The summed E-state index contributed by atoms with van der Waals surface area (Å²) in [6.45, 7) is 4.12. The third-order valence-corrected chi connectivity index (χ3v) is 5.62. The van der Waals surface area contributed by atoms with Crippen molar-refractivity contribution in [3.05, 3.63) is 46.2 Å². The number of thiazole rings is 1. The molecule has 10 heteroatoms. The van der Waals surface area contributed by atoms with E-state index < -0.39 is 17.7 Å². The van der Waals surface area contributed by atoms with Gasteiger partial charge in [0.1, 0.15) is 22.1 Å². The Morgan fingerprint density at radius 1 is 1.21 bits per heavy atom. The van der Waals surface area contributed by atoms with Crippen LogP contribution in [0.25, 0.3) is 10.2 Å². The molecule has 1 N–H and O–H groups in total. The SMILES string of the molecule is CCCC(O)(c1nc2cc(Cl)c(OC(F)(F)F)cc2s1)c1cnccc1OCC. The first kappa shape index (κ1) is 21.6. The molecule has 2 heterocycles. The molecule has 0 aliphatic carbocycles. The van der Waals surface area contributed by atoms with Crippen molar-refractivity contribution >= 4 is 33.2 Å². The van der Waals surface area contributed by atoms with Crippen LogP contribution in [0.4, 0.5) is 13.2 Å². The van der Waals surface area contributed by atoms with Gasteiger partial charge in [-0.05, 0) is 25.5 Å². The summed E-state index contributed by atoms with van der Waals surface area (Å²) in [6, 6.07) is 4.11. The Kier molecular flexibility index (Phi) is 6.21. The average Bonchev–Trinajstić information content (AvgIpc) is 3.05. The molecule has 0 radical (unpaired) electrons. The number of benzene rings is 1. The first-order chi connectivity index (χ1) is 13.7. The first-order valence-corrected chi connectivity index (χ1v) is 10.0. The normalized spacial score (nSPS) is 14.0. The van der Waals surface area contributed by atoms with Gasteiger partial charge >= 0.3 is 6.36 Å². The van der Waals surface area contributed by atoms with E-state index in [0.29, 0.717) is 46.0 Å². The molecule has 0 saturated carbocycles. The number of hydrogen-bond acceptors (Lipinski definition) is 6. The molecule has 5 nitrogen and oxygen atoms in total. The minimum absolute atomic E-state index is 0.220. The number of rotatable bonds is 7. The number of nitrogens with zero attached hydrogens (tertiary/aromatic N) is 2. The molecule has 0 fully saturated rings. The fourth-order valence-electron chi connectivity index (χ4n) is 3.00. The summed E-state index contributed by atoms with van der Waals surface area (Å²) in [5.41, 5.74) is -0.712. The van der Waals surface area contributed by atoms with Gasteiger partial charge in [-0.1, -0.05) is 24.9 Å². The van der Waals surface area contributed by atoms with Gasteiger partial charge in [0, 0.05) is 18.5 Å². The molecule has 0 aliphatic heterocycles. The van der Waals surface area contributed by atoms with Gasteiger partial charge in [0.25, 0.3) is 0 Å². The second-order valence-corrected chi connectivity index (χ2v) is 7.67. The number of aliphatic hydroxyl groups is 1. The Morgan fingerprint density at radius 3 is 2.62 bits per heavy atom. The zero-order valence-electron chi connectivity index (χ0n) is 15.6. The van der Waals surface area contributed by atoms with Crippen molar-refractivity contribution in [3.8, 4) is 11.5 Å². The third kappa shape index (κ3) is 4.57. The lowest BCUT2D eigenvalue weighted by molar-refractivity contribution is -0.274. The van der Waals surface area contributed by atoms with Crippen LogP contribution in [0.1, 0.15) is 37.3 Å². The standard InChI is InChI=1S/C19H18ClF3N2O3S/c1-3-6-18(26,11-10-24-7-5-14(11)27-4-2)17-25-13-8-12(20)15(9-16(13)29-17)28-19(21,22)23/h5,7-10,26H,3-4,6H2,1-2H3. The third-order valence-electron chi connectivity index (χ3n) is 4.16. The van der Waals surface area contributed by atoms with Gasteiger partial charge in [0.15, 0.2) is 0 Å². The lowest BCUT2D eigenvalue weighted by Gasteiger charge is -2.27. The predicted molar refractivity (Wildman–Crippen MR) is 105 cm³/mol. The lowest BCUT2D eigenvalue weighted by atomic mass is 9.90. The van der Waals surface area contributed by atoms with E-state index in [4.69, 9.17) is 16.3 Å². The number of aromatic nitrogens is 2. The van der Waals surface area contributed by atoms with Crippen LogP contribution >= 0.6 is 22.9 Å². The second-order valence-electron chi connectivity index (χ2n) is 6.23. The molecule has 1 atom stereocenters. The minimum atomic E-state index is -4.87. The zero-order chi connectivity index (χ0) is 21.2. The first-order valence-electron chi connectivity index (χ1n) is 8.84. The van der Waals surface area contributed by atoms with Gasteiger partial charge in [0.2, 0.25) is 0 Å². The van der Waals surface area contributed by atoms with Crippen LogP contribution in [0.15, 0.2) is 30.6 Å². The summed E-state index contributed by atoms with van der Waals surface area (Å²) >= 11 is 6.99. The molecule has 0 aliphatic rings. The fraction of sp³-hybridized carbons (Fsp3) is 0.368. The minimum Gasteiger partial charge on any atom is -0.493 e. The molecular formula is C19H18ClF3N2O3S. The maximum absolute atomic E-state index is 12.6. The summed E-state index contributed by atoms with van der Waals surface area (Å²) in [7, 11) is 0. The number of ether oxygens (including phenoxy) is 2. The predicted octanol–water partition coefficient (Wildman–Crippen LogP) is 5.68. The van der Waals surface area contributed by atoms with Crippen LogP contribution in [-0.2, 0) is 5.60 Å². The molecule has 0 saturated heterocycles. The number of halogens is 4. The van der Waals surface area contributed by atoms with Crippen molar-refractivity contribution < 1.29 is 27.8 Å². The maximum Gasteiger partial charge on any atom is 0.573 e. The fourth-order valence-corrected chi connectivity index (χ4v) is 4.31. The highest BCUT2D eigenvalue weighted by Crippen LogP contribution is 2.43. The van der Waals surface area contributed by atoms with Crippen molar-refractivity contribution in [2.24, 2.45) is 0 Å². The summed E-state index contributed by atoms with van der Waals surface area (Å²) in [4.78, 5) is 8.54. The van der Waals surface area contributed by atoms with Crippen LogP contribution < -0.4 is 9.47 Å². The monoisotopic (exact) mass is 446 g/mol. The van der Waals surface area contributed by atoms with Gasteiger partial charge in [0.05, 0.1) is 27.4 Å². The summed E-state index contributed by atoms with van der Waals surface area (Å²) in [5.74, 6) is -0.0471. The van der Waals surface area contributed by atoms with E-state index in [1.54, 1.807) is 12.3 Å². The number of hydrogen-bond donors (Lipinski definition) is 1. The summed E-state index contributed by atoms with van der Waals surface area (Å²) < 4.78 is 47.8. The van der Waals surface area contributed by atoms with Crippen molar-refractivity contribution in [3.63, 3.8) is 0 Å². The van der Waals surface area contributed by atoms with Crippen molar-refractivity contribution in [2.45, 2.75) is 38.7 Å². The highest BCUT2D eigenvalue weighted by molar-refractivity contribution is 7.18. The molecule has 1 aromatic carbocycles. The molecule has 3 rings (SSSR count). The van der Waals surface area contributed by atoms with Crippen LogP contribution in [0, 0.1) is 0 Å². The second kappa shape index (κ2) is 8.33. The largest absolute Gasteiger partial charge is 0.573 e. The van der Waals surface area contributed by atoms with Crippen molar-refractivity contribution in [1.82, 2.24) is 9.97 Å². The van der Waals surface area contributed by atoms with E-state index in [0.717, 1.165) is 11.3 Å². The Bertz CT molecular complexity index is 1010. The number of fused-ring (bicyclic) bond motifs is 1. The Morgan fingerprint density at radius 2 is 1.97 bits per heavy atom. The van der Waals surface area contributed by atoms with Gasteiger partial charge in [-0.15, -0.1) is 24.5 Å². The topological polar surface area (TPSA) is 64.5 Å². The molecule has 3 aromatic rings. The maximum atomic E-state index is 12.6. The zero-order valence-corrected chi connectivity index (χ0v) is 17.2. The van der Waals surface area contributed by atoms with E-state index in [-0.39, 0.29) is 5.02 Å². The van der Waals surface area contributed by atoms with E-state index >= 15 is 0 Å².